The molecule has 1 aromatic carbocycles. The molecule has 22 nitrogen and oxygen atoms in total. The monoisotopic (exact) mass is 862 g/mol. The van der Waals surface area contributed by atoms with Crippen molar-refractivity contribution in [3.05, 3.63) is 35.9 Å². The SMILES string of the molecule is CCC(C)C(NC(=O)NNC(=O)C(CCCNC(=N)N)NC(=O)C(CC(C)C)NC(=O)C(CCCNC(=N)N)NC(=O)OCc1ccccc1)C(=O)NC(C(=O)OC)C(C)C. The molecule has 0 aliphatic carbocycles. The topological polar surface area (TPSA) is 346 Å². The third-order valence-electron chi connectivity index (χ3n) is 9.27. The summed E-state index contributed by atoms with van der Waals surface area (Å²) in [5.74, 6) is -5.02. The van der Waals surface area contributed by atoms with Crippen LogP contribution in [0.5, 0.6) is 0 Å². The Labute approximate surface area is 357 Å². The molecule has 7 amide bonds. The lowest BCUT2D eigenvalue weighted by atomic mass is 9.97. The van der Waals surface area contributed by atoms with Crippen molar-refractivity contribution in [3.8, 4) is 0 Å². The van der Waals surface area contributed by atoms with Gasteiger partial charge in [-0.15, -0.1) is 0 Å². The third kappa shape index (κ3) is 21.5. The molecular weight excluding hydrogens is 795 g/mol. The minimum absolute atomic E-state index is 0.00784. The van der Waals surface area contributed by atoms with Gasteiger partial charge in [0.25, 0.3) is 5.91 Å². The number of hydrogen-bond donors (Lipinski definition) is 13. The number of guanidine groups is 2. The number of carbonyl (C=O) groups is 7. The Morgan fingerprint density at radius 1 is 0.672 bits per heavy atom. The molecule has 1 rings (SSSR count). The zero-order valence-electron chi connectivity index (χ0n) is 36.2. The zero-order chi connectivity index (χ0) is 46.1. The van der Waals surface area contributed by atoms with Crippen molar-refractivity contribution in [1.29, 1.82) is 10.8 Å². The molecule has 6 unspecified atom stereocenters. The number of benzene rings is 1. The van der Waals surface area contributed by atoms with E-state index in [4.69, 9.17) is 31.8 Å². The molecule has 0 heterocycles. The largest absolute Gasteiger partial charge is 0.467 e. The highest BCUT2D eigenvalue weighted by molar-refractivity contribution is 5.95. The summed E-state index contributed by atoms with van der Waals surface area (Å²) < 4.78 is 10.1. The number of nitrogens with two attached hydrogens (primary N) is 2. The Bertz CT molecular complexity index is 1610. The molecule has 6 atom stereocenters. The summed E-state index contributed by atoms with van der Waals surface area (Å²) >= 11 is 0. The van der Waals surface area contributed by atoms with Gasteiger partial charge in [0, 0.05) is 13.1 Å². The number of urea groups is 1. The summed E-state index contributed by atoms with van der Waals surface area (Å²) in [6, 6.07) is 2.21. The second-order valence-electron chi connectivity index (χ2n) is 15.2. The second kappa shape index (κ2) is 28.2. The smallest absolute Gasteiger partial charge is 0.408 e. The van der Waals surface area contributed by atoms with Crippen LogP contribution in [0.1, 0.15) is 85.6 Å². The van der Waals surface area contributed by atoms with Crippen LogP contribution in [0.15, 0.2) is 30.3 Å². The van der Waals surface area contributed by atoms with E-state index in [0.717, 1.165) is 5.56 Å². The third-order valence-corrected chi connectivity index (χ3v) is 9.27. The first-order chi connectivity index (χ1) is 28.8. The van der Waals surface area contributed by atoms with E-state index in [1.54, 1.807) is 45.0 Å². The average Bonchev–Trinajstić information content (AvgIpc) is 3.21. The molecule has 61 heavy (non-hydrogen) atoms. The van der Waals surface area contributed by atoms with E-state index in [0.29, 0.717) is 12.8 Å². The predicted octanol–water partition coefficient (Wildman–Crippen LogP) is -0.117. The molecule has 0 aromatic heterocycles. The Morgan fingerprint density at radius 2 is 1.21 bits per heavy atom. The van der Waals surface area contributed by atoms with Gasteiger partial charge >= 0.3 is 18.1 Å². The Kier molecular flexibility index (Phi) is 24.3. The van der Waals surface area contributed by atoms with E-state index in [1.807, 2.05) is 26.8 Å². The zero-order valence-corrected chi connectivity index (χ0v) is 36.2. The summed E-state index contributed by atoms with van der Waals surface area (Å²) in [4.78, 5) is 92.5. The highest BCUT2D eigenvalue weighted by Gasteiger charge is 2.33. The first kappa shape index (κ1) is 52.7. The van der Waals surface area contributed by atoms with E-state index in [9.17, 15) is 33.6 Å². The molecule has 0 saturated heterocycles. The molecule has 0 saturated carbocycles. The van der Waals surface area contributed by atoms with Gasteiger partial charge in [-0.2, -0.15) is 0 Å². The summed E-state index contributed by atoms with van der Waals surface area (Å²) in [5, 5.41) is 33.1. The number of hydrazine groups is 1. The van der Waals surface area contributed by atoms with Crippen molar-refractivity contribution in [1.82, 2.24) is 48.1 Å². The molecule has 342 valence electrons. The van der Waals surface area contributed by atoms with Crippen LogP contribution < -0.4 is 59.5 Å². The number of hydrogen-bond acceptors (Lipinski definition) is 11. The summed E-state index contributed by atoms with van der Waals surface area (Å²) in [6.45, 7) is 10.9. The maximum Gasteiger partial charge on any atom is 0.408 e. The van der Waals surface area contributed by atoms with E-state index >= 15 is 0 Å². The number of methoxy groups -OCH3 is 1. The Balaban J connectivity index is 3.20. The predicted molar refractivity (Wildman–Crippen MR) is 227 cm³/mol. The molecule has 0 aliphatic heterocycles. The highest BCUT2D eigenvalue weighted by Crippen LogP contribution is 2.12. The molecule has 0 spiro atoms. The van der Waals surface area contributed by atoms with E-state index < -0.39 is 77.8 Å². The van der Waals surface area contributed by atoms with Gasteiger partial charge < -0.3 is 58.2 Å². The van der Waals surface area contributed by atoms with Gasteiger partial charge in [-0.25, -0.2) is 19.8 Å². The second-order valence-corrected chi connectivity index (χ2v) is 15.2. The van der Waals surface area contributed by atoms with Gasteiger partial charge in [0.05, 0.1) is 7.11 Å². The van der Waals surface area contributed by atoms with Crippen LogP contribution in [0.3, 0.4) is 0 Å². The molecule has 0 bridgehead atoms. The van der Waals surface area contributed by atoms with Gasteiger partial charge in [0.15, 0.2) is 11.9 Å². The van der Waals surface area contributed by atoms with Crippen LogP contribution in [-0.2, 0) is 40.1 Å². The number of nitrogens with one attached hydrogen (secondary N) is 11. The van der Waals surface area contributed by atoms with Crippen LogP contribution in [-0.4, -0.2) is 104 Å². The number of ether oxygens (including phenoxy) is 2. The lowest BCUT2D eigenvalue weighted by Gasteiger charge is -2.28. The van der Waals surface area contributed by atoms with Gasteiger partial charge in [-0.3, -0.25) is 35.4 Å². The molecule has 0 fully saturated rings. The van der Waals surface area contributed by atoms with Crippen molar-refractivity contribution in [2.45, 2.75) is 117 Å². The molecular formula is C39H67N13O9. The highest BCUT2D eigenvalue weighted by atomic mass is 16.5. The average molecular weight is 862 g/mol. The van der Waals surface area contributed by atoms with Gasteiger partial charge in [0.1, 0.15) is 36.8 Å². The van der Waals surface area contributed by atoms with Crippen molar-refractivity contribution in [2.75, 3.05) is 20.2 Å². The number of carbonyl (C=O) groups excluding carboxylic acids is 7. The van der Waals surface area contributed by atoms with Crippen LogP contribution >= 0.6 is 0 Å². The standard InChI is InChI=1S/C39H67N13O9/c1-8-24(6)30(34(56)49-29(23(4)5)35(57)60-7)50-38(58)52-51-33(55)27(17-13-19-45-37(42)43)46-32(54)28(20-22(2)3)47-31(53)26(16-12-18-44-36(40)41)48-39(59)61-21-25-14-10-9-11-15-25/h9-11,14-15,22-24,26-30H,8,12-13,16-21H2,1-7H3,(H,46,54)(H,47,53)(H,48,59)(H,49,56)(H,51,55)(H4,40,41,44)(H4,42,43,45)(H2,50,52,58). The fourth-order valence-corrected chi connectivity index (χ4v) is 5.70. The van der Waals surface area contributed by atoms with Crippen LogP contribution in [0.25, 0.3) is 0 Å². The lowest BCUT2D eigenvalue weighted by Crippen LogP contribution is -2.61. The fraction of sp³-hybridized carbons (Fsp3) is 0.615. The molecule has 0 aliphatic rings. The summed E-state index contributed by atoms with van der Waals surface area (Å²) in [5.41, 5.74) is 16.0. The summed E-state index contributed by atoms with van der Waals surface area (Å²) in [6.07, 6.45) is 0.311. The van der Waals surface area contributed by atoms with Crippen LogP contribution in [0.2, 0.25) is 0 Å². The normalized spacial score (nSPS) is 13.7. The molecule has 0 radical (unpaired) electrons. The van der Waals surface area contributed by atoms with E-state index in [-0.39, 0.29) is 69.1 Å². The number of rotatable bonds is 25. The first-order valence-corrected chi connectivity index (χ1v) is 20.3. The fourth-order valence-electron chi connectivity index (χ4n) is 5.70. The maximum absolute atomic E-state index is 13.9. The summed E-state index contributed by atoms with van der Waals surface area (Å²) in [7, 11) is 1.20. The number of alkyl carbamates (subject to hydrolysis) is 1. The minimum Gasteiger partial charge on any atom is -0.467 e. The van der Waals surface area contributed by atoms with Crippen molar-refractivity contribution in [3.63, 3.8) is 0 Å². The minimum atomic E-state index is -1.28. The van der Waals surface area contributed by atoms with E-state index in [1.165, 1.54) is 7.11 Å². The molecule has 22 heteroatoms. The van der Waals surface area contributed by atoms with Crippen LogP contribution in [0.4, 0.5) is 9.59 Å². The Morgan fingerprint density at radius 3 is 1.72 bits per heavy atom. The molecule has 1 aromatic rings. The van der Waals surface area contributed by atoms with Crippen molar-refractivity contribution >= 4 is 53.6 Å². The van der Waals surface area contributed by atoms with Gasteiger partial charge in [-0.1, -0.05) is 78.3 Å². The van der Waals surface area contributed by atoms with Crippen LogP contribution in [0, 0.1) is 28.6 Å². The van der Waals surface area contributed by atoms with Crippen molar-refractivity contribution < 1.29 is 43.0 Å². The van der Waals surface area contributed by atoms with E-state index in [2.05, 4.69) is 48.1 Å². The Hall–Kier alpha value is -6.35. The quantitative estimate of drug-likeness (QED) is 0.0201. The first-order valence-electron chi connectivity index (χ1n) is 20.3. The number of amides is 7. The lowest BCUT2D eigenvalue weighted by molar-refractivity contribution is -0.146. The molecule has 15 N–H and O–H groups in total. The number of esters is 1. The maximum atomic E-state index is 13.9. The van der Waals surface area contributed by atoms with Gasteiger partial charge in [-0.05, 0) is 55.4 Å². The van der Waals surface area contributed by atoms with Gasteiger partial charge in [0.2, 0.25) is 17.7 Å². The van der Waals surface area contributed by atoms with Crippen molar-refractivity contribution in [2.24, 2.45) is 29.2 Å².